The summed E-state index contributed by atoms with van der Waals surface area (Å²) in [6.07, 6.45) is 7.13. The lowest BCUT2D eigenvalue weighted by Crippen LogP contribution is -2.46. The second-order valence-corrected chi connectivity index (χ2v) is 14.0. The highest BCUT2D eigenvalue weighted by atomic mass is 35.5. The normalized spacial score (nSPS) is 13.4. The summed E-state index contributed by atoms with van der Waals surface area (Å²) in [5, 5.41) is 31.2. The molecule has 0 radical (unpaired) electrons. The van der Waals surface area contributed by atoms with Gasteiger partial charge in [0.1, 0.15) is 0 Å². The van der Waals surface area contributed by atoms with Crippen LogP contribution in [-0.4, -0.2) is 103 Å². The predicted molar refractivity (Wildman–Crippen MR) is 188 cm³/mol. The van der Waals surface area contributed by atoms with E-state index in [1.165, 1.54) is 27.6 Å². The van der Waals surface area contributed by atoms with Crippen molar-refractivity contribution >= 4 is 70.3 Å². The molecule has 1 fully saturated rings. The van der Waals surface area contributed by atoms with Gasteiger partial charge in [0.25, 0.3) is 0 Å². The molecule has 0 bridgehead atoms. The van der Waals surface area contributed by atoms with Gasteiger partial charge < -0.3 is 25.3 Å². The fourth-order valence-electron chi connectivity index (χ4n) is 4.04. The van der Waals surface area contributed by atoms with Crippen LogP contribution in [0.5, 0.6) is 0 Å². The number of hydrogen-bond donors (Lipinski definition) is 4. The van der Waals surface area contributed by atoms with Crippen LogP contribution in [0.25, 0.3) is 0 Å². The number of hydrogen-bond acceptors (Lipinski definition) is 11. The highest BCUT2D eigenvalue weighted by Crippen LogP contribution is 2.26. The maximum atomic E-state index is 9.55. The fourth-order valence-corrected chi connectivity index (χ4v) is 6.93. The molecule has 0 spiro atoms. The molecule has 4 rings (SSSR count). The molecule has 1 aliphatic rings. The Hall–Kier alpha value is -3.73. The molecule has 4 heterocycles. The molecule has 0 atom stereocenters. The number of aromatic nitrogens is 2. The van der Waals surface area contributed by atoms with Gasteiger partial charge >= 0.3 is 23.9 Å². The average molecular weight is 737 g/mol. The molecule has 3 aromatic rings. The van der Waals surface area contributed by atoms with Crippen LogP contribution in [0.2, 0.25) is 4.34 Å². The minimum absolute atomic E-state index is 0.558. The third-order valence-electron chi connectivity index (χ3n) is 6.11. The lowest BCUT2D eigenvalue weighted by Gasteiger charge is -2.34. The summed E-state index contributed by atoms with van der Waals surface area (Å²) < 4.78 is 0.889. The Morgan fingerprint density at radius 2 is 1.38 bits per heavy atom. The van der Waals surface area contributed by atoms with E-state index in [0.29, 0.717) is 24.3 Å². The smallest absolute Gasteiger partial charge is 0.328 e. The van der Waals surface area contributed by atoms with Gasteiger partial charge in [0, 0.05) is 95.5 Å². The fraction of sp³-hybridized carbons (Fsp3) is 0.312. The molecular weight excluding hydrogens is 700 g/mol. The highest BCUT2D eigenvalue weighted by Gasteiger charge is 2.17. The van der Waals surface area contributed by atoms with Crippen molar-refractivity contribution < 1.29 is 39.6 Å². The van der Waals surface area contributed by atoms with E-state index < -0.39 is 23.9 Å². The Balaban J connectivity index is 0.000000414. The second-order valence-electron chi connectivity index (χ2n) is 9.95. The van der Waals surface area contributed by atoms with E-state index in [1.54, 1.807) is 11.3 Å². The number of aryl methyl sites for hydroxylation is 1. The SMILES string of the molecule is Cc1cc(SCCCN2CCN(Cc3ccc(Cl)s3)CC2)cc(CSc2ccncc2)n1.O=C(O)C=CC(=O)O.O=C(O)C=CC(=O)O. The van der Waals surface area contributed by atoms with Crippen molar-refractivity contribution in [3.8, 4) is 0 Å². The number of piperazine rings is 1. The van der Waals surface area contributed by atoms with Gasteiger partial charge in [-0.3, -0.25) is 14.9 Å². The standard InChI is InChI=1S/C24H29ClN4S3.2C4H4O4/c1-19-15-23(16-20(27-19)18-31-21-5-7-26-8-6-21)30-14-2-9-28-10-12-29(13-11-28)17-22-3-4-24(25)32-22;2*5-3(6)1-2-4(7)8/h3-8,15-16H,2,9-14,17-18H2,1H3;2*1-2H,(H,5,6)(H,7,8). The number of carboxylic acid groups (broad SMARTS) is 4. The van der Waals surface area contributed by atoms with Gasteiger partial charge in [-0.2, -0.15) is 0 Å². The summed E-state index contributed by atoms with van der Waals surface area (Å²) >= 11 is 11.5. The first-order valence-electron chi connectivity index (χ1n) is 14.5. The van der Waals surface area contributed by atoms with Gasteiger partial charge in [-0.15, -0.1) is 34.9 Å². The van der Waals surface area contributed by atoms with Gasteiger partial charge in [0.2, 0.25) is 0 Å². The van der Waals surface area contributed by atoms with E-state index in [-0.39, 0.29) is 0 Å². The Kier molecular flexibility index (Phi) is 19.2. The molecule has 0 aliphatic carbocycles. The van der Waals surface area contributed by atoms with Gasteiger partial charge in [-0.1, -0.05) is 11.6 Å². The van der Waals surface area contributed by atoms with Crippen molar-refractivity contribution in [1.29, 1.82) is 0 Å². The van der Waals surface area contributed by atoms with Crippen molar-refractivity contribution in [2.24, 2.45) is 0 Å². The van der Waals surface area contributed by atoms with Crippen molar-refractivity contribution in [3.63, 3.8) is 0 Å². The maximum absolute atomic E-state index is 9.55. The number of carbonyl (C=O) groups is 4. The van der Waals surface area contributed by atoms with E-state index in [2.05, 4.69) is 39.9 Å². The summed E-state index contributed by atoms with van der Waals surface area (Å²) in [7, 11) is 0. The van der Waals surface area contributed by atoms with E-state index >= 15 is 0 Å². The minimum Gasteiger partial charge on any atom is -0.478 e. The van der Waals surface area contributed by atoms with Gasteiger partial charge in [0.05, 0.1) is 10.0 Å². The highest BCUT2D eigenvalue weighted by molar-refractivity contribution is 7.99. The summed E-state index contributed by atoms with van der Waals surface area (Å²) in [6.45, 7) is 8.91. The zero-order valence-corrected chi connectivity index (χ0v) is 29.3. The minimum atomic E-state index is -1.26. The first-order valence-corrected chi connectivity index (χ1v) is 17.7. The van der Waals surface area contributed by atoms with E-state index in [0.717, 1.165) is 60.0 Å². The number of pyridine rings is 2. The monoisotopic (exact) mass is 736 g/mol. The van der Waals surface area contributed by atoms with Crippen LogP contribution >= 0.6 is 46.5 Å². The largest absolute Gasteiger partial charge is 0.478 e. The van der Waals surface area contributed by atoms with Gasteiger partial charge in [0.15, 0.2) is 0 Å². The predicted octanol–water partition coefficient (Wildman–Crippen LogP) is 5.52. The molecule has 3 aromatic heterocycles. The number of nitrogens with zero attached hydrogens (tertiary/aromatic N) is 4. The van der Waals surface area contributed by atoms with Crippen LogP contribution in [0.3, 0.4) is 0 Å². The van der Waals surface area contributed by atoms with Gasteiger partial charge in [-0.05, 0) is 62.0 Å². The Labute approximate surface area is 296 Å². The number of thiophene rings is 1. The van der Waals surface area contributed by atoms with Crippen LogP contribution < -0.4 is 0 Å². The first-order chi connectivity index (χ1) is 22.9. The van der Waals surface area contributed by atoms with E-state index in [9.17, 15) is 19.2 Å². The molecule has 12 nitrogen and oxygen atoms in total. The van der Waals surface area contributed by atoms with E-state index in [1.807, 2.05) is 54.1 Å². The molecule has 0 aromatic carbocycles. The van der Waals surface area contributed by atoms with Crippen LogP contribution in [0.15, 0.2) is 82.9 Å². The summed E-state index contributed by atoms with van der Waals surface area (Å²) in [4.78, 5) is 56.1. The summed E-state index contributed by atoms with van der Waals surface area (Å²) in [5.41, 5.74) is 2.25. The molecule has 1 saturated heterocycles. The molecule has 0 unspecified atom stereocenters. The Bertz CT molecular complexity index is 1460. The molecule has 258 valence electrons. The number of aliphatic carboxylic acids is 4. The molecule has 0 saturated carbocycles. The summed E-state index contributed by atoms with van der Waals surface area (Å²) in [5.74, 6) is -2.99. The summed E-state index contributed by atoms with van der Waals surface area (Å²) in [6, 6.07) is 12.7. The van der Waals surface area contributed by atoms with Crippen molar-refractivity contribution in [2.45, 2.75) is 35.4 Å². The average Bonchev–Trinajstić information content (AvgIpc) is 3.46. The topological polar surface area (TPSA) is 181 Å². The maximum Gasteiger partial charge on any atom is 0.328 e. The first kappa shape index (κ1) is 40.4. The van der Waals surface area contributed by atoms with Crippen molar-refractivity contribution in [1.82, 2.24) is 19.8 Å². The Morgan fingerprint density at radius 1 is 0.812 bits per heavy atom. The van der Waals surface area contributed by atoms with Crippen LogP contribution in [0.4, 0.5) is 0 Å². The van der Waals surface area contributed by atoms with Crippen LogP contribution in [0.1, 0.15) is 22.7 Å². The number of halogens is 1. The third-order valence-corrected chi connectivity index (χ3v) is 9.44. The molecule has 0 amide bonds. The van der Waals surface area contributed by atoms with Crippen molar-refractivity contribution in [2.75, 3.05) is 38.5 Å². The quantitative estimate of drug-likeness (QED) is 0.0923. The lowest BCUT2D eigenvalue weighted by molar-refractivity contribution is -0.134. The Morgan fingerprint density at radius 3 is 1.90 bits per heavy atom. The lowest BCUT2D eigenvalue weighted by atomic mass is 10.3. The van der Waals surface area contributed by atoms with E-state index in [4.69, 9.17) is 37.0 Å². The zero-order chi connectivity index (χ0) is 35.3. The second kappa shape index (κ2) is 22.8. The number of rotatable bonds is 14. The number of carboxylic acids is 4. The zero-order valence-electron chi connectivity index (χ0n) is 26.1. The third kappa shape index (κ3) is 19.2. The van der Waals surface area contributed by atoms with Crippen molar-refractivity contribution in [3.05, 3.63) is 93.7 Å². The molecule has 1 aliphatic heterocycles. The molecular formula is C32H37ClN4O8S3. The molecule has 48 heavy (non-hydrogen) atoms. The molecule has 4 N–H and O–H groups in total. The molecule has 16 heteroatoms. The number of thioether (sulfide) groups is 2. The van der Waals surface area contributed by atoms with Crippen LogP contribution in [-0.2, 0) is 31.5 Å². The van der Waals surface area contributed by atoms with Crippen LogP contribution in [0, 0.1) is 6.92 Å². The van der Waals surface area contributed by atoms with Gasteiger partial charge in [-0.25, -0.2) is 19.2 Å².